The third-order valence-electron chi connectivity index (χ3n) is 7.31. The molecule has 2 aromatic carbocycles. The second-order valence-electron chi connectivity index (χ2n) is 10.6. The molecule has 1 heterocycles. The smallest absolute Gasteiger partial charge is 0.221 e. The largest absolute Gasteiger partial charge is 0.497 e. The molecule has 0 saturated carbocycles. The molecule has 0 spiro atoms. The molecule has 1 N–H and O–H groups in total. The summed E-state index contributed by atoms with van der Waals surface area (Å²) in [7, 11) is 4.19. The number of piperidine rings is 1. The van der Waals surface area contributed by atoms with Crippen LogP contribution < -0.4 is 15.0 Å². The van der Waals surface area contributed by atoms with Gasteiger partial charge >= 0.3 is 0 Å². The summed E-state index contributed by atoms with van der Waals surface area (Å²) in [5.74, 6) is 0.745. The molecule has 1 aliphatic heterocycles. The summed E-state index contributed by atoms with van der Waals surface area (Å²) < 4.78 is 20.2. The Kier molecular flexibility index (Phi) is 11.0. The Morgan fingerprint density at radius 2 is 1.79 bits per heavy atom. The van der Waals surface area contributed by atoms with Gasteiger partial charge in [-0.2, -0.15) is 0 Å². The van der Waals surface area contributed by atoms with Crippen molar-refractivity contribution in [2.24, 2.45) is 0 Å². The monoisotopic (exact) mass is 562 g/mol. The van der Waals surface area contributed by atoms with Gasteiger partial charge in [-0.15, -0.1) is 0 Å². The molecule has 3 rings (SSSR count). The predicted octanol–water partition coefficient (Wildman–Crippen LogP) is 4.94. The molecule has 1 saturated heterocycles. The molecule has 0 bridgehead atoms. The van der Waals surface area contributed by atoms with E-state index in [2.05, 4.69) is 54.2 Å². The summed E-state index contributed by atoms with van der Waals surface area (Å²) in [5.41, 5.74) is 4.10. The van der Waals surface area contributed by atoms with Gasteiger partial charge in [-0.05, 0) is 88.5 Å². The van der Waals surface area contributed by atoms with Crippen molar-refractivity contribution >= 4 is 34.2 Å². The third kappa shape index (κ3) is 7.94. The van der Waals surface area contributed by atoms with Crippen molar-refractivity contribution in [1.82, 2.24) is 14.5 Å². The highest BCUT2D eigenvalue weighted by atomic mass is 35.5. The quantitative estimate of drug-likeness (QED) is 0.420. The van der Waals surface area contributed by atoms with Gasteiger partial charge in [0.1, 0.15) is 16.7 Å². The fraction of sp³-hybridized carbons (Fsp3) is 0.552. The SMILES string of the molecule is COc1cc(C)c(S(=O)N(C)CCC(=O)NC2CCN(c3ccc(CN(C)C(C)C)cc3Cl)CC2)c(C)c1. The number of hydrogen-bond donors (Lipinski definition) is 1. The van der Waals surface area contributed by atoms with Crippen molar-refractivity contribution in [2.45, 2.75) is 70.5 Å². The number of rotatable bonds is 11. The Morgan fingerprint density at radius 3 is 2.34 bits per heavy atom. The molecule has 38 heavy (non-hydrogen) atoms. The predicted molar refractivity (Wildman–Crippen MR) is 158 cm³/mol. The van der Waals surface area contributed by atoms with Gasteiger partial charge in [0.05, 0.1) is 22.7 Å². The number of nitrogens with zero attached hydrogens (tertiary/aromatic N) is 3. The lowest BCUT2D eigenvalue weighted by Gasteiger charge is -2.34. The van der Waals surface area contributed by atoms with Crippen LogP contribution in [0.3, 0.4) is 0 Å². The number of carbonyl (C=O) groups excluding carboxylic acids is 1. The van der Waals surface area contributed by atoms with Crippen LogP contribution in [-0.2, 0) is 22.3 Å². The highest BCUT2D eigenvalue weighted by Gasteiger charge is 2.23. The van der Waals surface area contributed by atoms with Crippen molar-refractivity contribution in [3.63, 3.8) is 0 Å². The van der Waals surface area contributed by atoms with Crippen LogP contribution in [0.2, 0.25) is 5.02 Å². The van der Waals surface area contributed by atoms with E-state index in [-0.39, 0.29) is 11.9 Å². The van der Waals surface area contributed by atoms with Gasteiger partial charge in [0.25, 0.3) is 0 Å². The van der Waals surface area contributed by atoms with Crippen LogP contribution in [0.4, 0.5) is 5.69 Å². The maximum absolute atomic E-state index is 13.1. The summed E-state index contributed by atoms with van der Waals surface area (Å²) >= 11 is 6.66. The number of amides is 1. The van der Waals surface area contributed by atoms with E-state index in [9.17, 15) is 9.00 Å². The average Bonchev–Trinajstić information content (AvgIpc) is 2.87. The van der Waals surface area contributed by atoms with E-state index in [0.717, 1.165) is 65.0 Å². The Morgan fingerprint density at radius 1 is 1.16 bits per heavy atom. The number of ether oxygens (including phenoxy) is 1. The Labute approximate surface area is 236 Å². The van der Waals surface area contributed by atoms with Crippen LogP contribution >= 0.6 is 11.6 Å². The first-order valence-electron chi connectivity index (χ1n) is 13.3. The zero-order valence-corrected chi connectivity index (χ0v) is 25.4. The van der Waals surface area contributed by atoms with E-state index in [0.29, 0.717) is 19.0 Å². The van der Waals surface area contributed by atoms with Gasteiger partial charge in [0.2, 0.25) is 5.91 Å². The molecule has 1 fully saturated rings. The lowest BCUT2D eigenvalue weighted by Crippen LogP contribution is -2.45. The molecule has 1 aliphatic rings. The first-order chi connectivity index (χ1) is 18.0. The van der Waals surface area contributed by atoms with Crippen LogP contribution in [0.15, 0.2) is 35.2 Å². The number of aryl methyl sites for hydroxylation is 2. The van der Waals surface area contributed by atoms with E-state index in [1.165, 1.54) is 5.56 Å². The Bertz CT molecular complexity index is 1110. The van der Waals surface area contributed by atoms with Crippen molar-refractivity contribution in [3.05, 3.63) is 52.0 Å². The van der Waals surface area contributed by atoms with Gasteiger partial charge in [-0.25, -0.2) is 8.51 Å². The van der Waals surface area contributed by atoms with Crippen LogP contribution in [0.25, 0.3) is 0 Å². The fourth-order valence-corrected chi connectivity index (χ4v) is 6.30. The van der Waals surface area contributed by atoms with E-state index in [1.807, 2.05) is 26.0 Å². The minimum atomic E-state index is -1.34. The van der Waals surface area contributed by atoms with Crippen molar-refractivity contribution in [1.29, 1.82) is 0 Å². The lowest BCUT2D eigenvalue weighted by molar-refractivity contribution is -0.122. The third-order valence-corrected chi connectivity index (χ3v) is 9.35. The molecule has 1 amide bonds. The molecule has 1 atom stereocenters. The first-order valence-corrected chi connectivity index (χ1v) is 14.8. The number of anilines is 1. The summed E-state index contributed by atoms with van der Waals surface area (Å²) in [6.07, 6.45) is 2.03. The maximum Gasteiger partial charge on any atom is 0.221 e. The second-order valence-corrected chi connectivity index (χ2v) is 12.5. The molecular weight excluding hydrogens is 520 g/mol. The number of hydrogen-bond acceptors (Lipinski definition) is 5. The second kappa shape index (κ2) is 13.8. The van der Waals surface area contributed by atoms with Gasteiger partial charge in [-0.3, -0.25) is 9.69 Å². The molecule has 210 valence electrons. The van der Waals surface area contributed by atoms with Gasteiger partial charge in [0.15, 0.2) is 0 Å². The minimum absolute atomic E-state index is 0.00728. The molecule has 1 unspecified atom stereocenters. The molecule has 0 radical (unpaired) electrons. The highest BCUT2D eigenvalue weighted by molar-refractivity contribution is 7.82. The number of methoxy groups -OCH3 is 1. The van der Waals surface area contributed by atoms with E-state index in [1.54, 1.807) is 18.5 Å². The summed E-state index contributed by atoms with van der Waals surface area (Å²) in [6.45, 7) is 11.2. The number of benzene rings is 2. The fourth-order valence-electron chi connectivity index (χ4n) is 4.74. The van der Waals surface area contributed by atoms with Crippen LogP contribution in [0.1, 0.15) is 49.8 Å². The normalized spacial score (nSPS) is 15.4. The number of nitrogens with one attached hydrogen (secondary N) is 1. The standard InChI is InChI=1S/C29H43ClN4O3S/c1-20(2)32(5)19-23-8-9-27(26(30)18-23)34-14-10-24(11-15-34)31-28(35)12-13-33(6)38(36)29-21(3)16-25(37-7)17-22(29)4/h8-9,16-18,20,24H,10-15,19H2,1-7H3,(H,31,35). The zero-order valence-electron chi connectivity index (χ0n) is 23.8. The van der Waals surface area contributed by atoms with Crippen molar-refractivity contribution in [3.8, 4) is 5.75 Å². The highest BCUT2D eigenvalue weighted by Crippen LogP contribution is 2.30. The molecule has 0 aliphatic carbocycles. The van der Waals surface area contributed by atoms with E-state index >= 15 is 0 Å². The Balaban J connectivity index is 1.46. The minimum Gasteiger partial charge on any atom is -0.497 e. The summed E-state index contributed by atoms with van der Waals surface area (Å²) in [5, 5.41) is 3.95. The van der Waals surface area contributed by atoms with Crippen LogP contribution in [0.5, 0.6) is 5.75 Å². The first kappa shape index (κ1) is 30.4. The molecule has 9 heteroatoms. The van der Waals surface area contributed by atoms with Crippen molar-refractivity contribution in [2.75, 3.05) is 45.7 Å². The molecule has 0 aromatic heterocycles. The van der Waals surface area contributed by atoms with Crippen LogP contribution in [0, 0.1) is 13.8 Å². The Hall–Kier alpha value is -2.13. The molecule has 2 aromatic rings. The summed E-state index contributed by atoms with van der Waals surface area (Å²) in [4.78, 5) is 18.0. The maximum atomic E-state index is 13.1. The molecular formula is C29H43ClN4O3S. The van der Waals surface area contributed by atoms with Crippen LogP contribution in [-0.4, -0.2) is 72.2 Å². The van der Waals surface area contributed by atoms with Gasteiger partial charge in [0, 0.05) is 51.7 Å². The number of carbonyl (C=O) groups is 1. The topological polar surface area (TPSA) is 65.1 Å². The van der Waals surface area contributed by atoms with E-state index < -0.39 is 11.0 Å². The molecule has 7 nitrogen and oxygen atoms in total. The average molecular weight is 563 g/mol. The van der Waals surface area contributed by atoms with E-state index in [4.69, 9.17) is 16.3 Å². The zero-order chi connectivity index (χ0) is 28.0. The van der Waals surface area contributed by atoms with Gasteiger partial charge in [-0.1, -0.05) is 17.7 Å². The number of halogens is 1. The van der Waals surface area contributed by atoms with Crippen molar-refractivity contribution < 1.29 is 13.7 Å². The van der Waals surface area contributed by atoms with Gasteiger partial charge < -0.3 is 15.0 Å². The summed E-state index contributed by atoms with van der Waals surface area (Å²) in [6, 6.07) is 10.7. The lowest BCUT2D eigenvalue weighted by atomic mass is 10.0.